The van der Waals surface area contributed by atoms with Crippen LogP contribution in [-0.2, 0) is 16.8 Å². The quantitative estimate of drug-likeness (QED) is 0.527. The molecule has 1 aliphatic carbocycles. The van der Waals surface area contributed by atoms with E-state index in [0.717, 1.165) is 27.7 Å². The van der Waals surface area contributed by atoms with E-state index in [2.05, 4.69) is 15.6 Å². The minimum Gasteiger partial charge on any atom is -0.493 e. The number of methoxy groups -OCH3 is 2. The molecule has 33 heavy (non-hydrogen) atoms. The van der Waals surface area contributed by atoms with Gasteiger partial charge in [-0.05, 0) is 30.0 Å². The van der Waals surface area contributed by atoms with Crippen molar-refractivity contribution in [1.29, 1.82) is 5.41 Å². The summed E-state index contributed by atoms with van der Waals surface area (Å²) in [7, 11) is 4.28. The van der Waals surface area contributed by atoms with E-state index in [0.29, 0.717) is 25.2 Å². The lowest BCUT2D eigenvalue weighted by atomic mass is 9.86. The van der Waals surface area contributed by atoms with E-state index in [4.69, 9.17) is 14.9 Å². The van der Waals surface area contributed by atoms with Gasteiger partial charge in [-0.25, -0.2) is 13.8 Å². The second-order valence-electron chi connectivity index (χ2n) is 7.96. The zero-order valence-corrected chi connectivity index (χ0v) is 18.6. The number of benzene rings is 1. The average Bonchev–Trinajstić information content (AvgIpc) is 3.62. The zero-order valence-electron chi connectivity index (χ0n) is 18.6. The number of fused-ring (bicyclic) bond motifs is 2. The molecule has 1 aliphatic heterocycles. The SMILES string of the molecule is CN/C=C(\C=N)CNc1cc2c(cn1)CN(c1c(F)c(OC)cc(OC)c1F)C(=O)C21CC1. The molecule has 1 aromatic carbocycles. The second kappa shape index (κ2) is 8.68. The zero-order chi connectivity index (χ0) is 23.8. The molecule has 10 heteroatoms. The molecular formula is C23H25F2N5O3. The first-order chi connectivity index (χ1) is 15.9. The number of aromatic nitrogens is 1. The molecule has 1 saturated carbocycles. The molecule has 0 bridgehead atoms. The van der Waals surface area contributed by atoms with Crippen molar-refractivity contribution in [3.8, 4) is 11.5 Å². The van der Waals surface area contributed by atoms with Crippen LogP contribution in [0.3, 0.4) is 0 Å². The van der Waals surface area contributed by atoms with Crippen molar-refractivity contribution in [2.45, 2.75) is 24.8 Å². The van der Waals surface area contributed by atoms with E-state index in [9.17, 15) is 4.79 Å². The van der Waals surface area contributed by atoms with Crippen LogP contribution in [0.2, 0.25) is 0 Å². The fourth-order valence-electron chi connectivity index (χ4n) is 4.19. The molecule has 0 saturated heterocycles. The number of ether oxygens (including phenoxy) is 2. The lowest BCUT2D eigenvalue weighted by Crippen LogP contribution is -2.45. The molecule has 2 aromatic rings. The first-order valence-electron chi connectivity index (χ1n) is 10.4. The number of carbonyl (C=O) groups is 1. The molecule has 0 unspecified atom stereocenters. The maximum absolute atomic E-state index is 15.1. The van der Waals surface area contributed by atoms with E-state index in [-0.39, 0.29) is 24.0 Å². The molecule has 8 nitrogen and oxygen atoms in total. The van der Waals surface area contributed by atoms with Crippen LogP contribution in [0.5, 0.6) is 11.5 Å². The highest BCUT2D eigenvalue weighted by molar-refractivity contribution is 6.05. The summed E-state index contributed by atoms with van der Waals surface area (Å²) in [5.74, 6) is -2.13. The Morgan fingerprint density at radius 1 is 1.24 bits per heavy atom. The van der Waals surface area contributed by atoms with Crippen molar-refractivity contribution >= 4 is 23.6 Å². The largest absolute Gasteiger partial charge is 0.493 e. The highest BCUT2D eigenvalue weighted by atomic mass is 19.1. The third-order valence-corrected chi connectivity index (χ3v) is 6.04. The summed E-state index contributed by atoms with van der Waals surface area (Å²) in [5.41, 5.74) is 0.927. The van der Waals surface area contributed by atoms with Gasteiger partial charge in [0.2, 0.25) is 5.91 Å². The standard InChI is InChI=1S/C23H25F2N5O3/c1-27-9-13(8-26)10-28-18-6-15-14(11-29-18)12-30(22(31)23(15)4-5-23)21-19(24)16(32-2)7-17(33-3)20(21)25/h6-9,11,26-27H,4-5,10,12H2,1-3H3,(H,28,29)/b13-9+,26-8?. The number of carbonyl (C=O) groups excluding carboxylic acids is 1. The monoisotopic (exact) mass is 457 g/mol. The van der Waals surface area contributed by atoms with E-state index < -0.39 is 22.7 Å². The van der Waals surface area contributed by atoms with Crippen LogP contribution in [0.1, 0.15) is 24.0 Å². The summed E-state index contributed by atoms with van der Waals surface area (Å²) in [6.45, 7) is 0.349. The highest BCUT2D eigenvalue weighted by Crippen LogP contribution is 2.55. The molecule has 0 radical (unpaired) electrons. The average molecular weight is 457 g/mol. The second-order valence-corrected chi connectivity index (χ2v) is 7.96. The van der Waals surface area contributed by atoms with Crippen molar-refractivity contribution in [1.82, 2.24) is 10.3 Å². The van der Waals surface area contributed by atoms with Gasteiger partial charge in [-0.3, -0.25) is 4.79 Å². The number of hydrogen-bond acceptors (Lipinski definition) is 7. The van der Waals surface area contributed by atoms with Crippen LogP contribution < -0.4 is 25.0 Å². The summed E-state index contributed by atoms with van der Waals surface area (Å²) in [6, 6.07) is 2.94. The van der Waals surface area contributed by atoms with E-state index in [1.165, 1.54) is 20.4 Å². The molecule has 1 amide bonds. The number of anilines is 2. The Balaban J connectivity index is 1.71. The lowest BCUT2D eigenvalue weighted by Gasteiger charge is -2.35. The molecule has 0 atom stereocenters. The van der Waals surface area contributed by atoms with Gasteiger partial charge in [-0.1, -0.05) is 0 Å². The Bertz CT molecular complexity index is 1120. The highest BCUT2D eigenvalue weighted by Gasteiger charge is 2.57. The molecule has 2 heterocycles. The number of pyridine rings is 1. The van der Waals surface area contributed by atoms with Gasteiger partial charge >= 0.3 is 0 Å². The Morgan fingerprint density at radius 3 is 2.45 bits per heavy atom. The predicted molar refractivity (Wildman–Crippen MR) is 120 cm³/mol. The lowest BCUT2D eigenvalue weighted by molar-refractivity contribution is -0.121. The summed E-state index contributed by atoms with van der Waals surface area (Å²) >= 11 is 0. The van der Waals surface area contributed by atoms with Gasteiger partial charge in [-0.2, -0.15) is 0 Å². The Hall–Kier alpha value is -3.69. The minimum absolute atomic E-state index is 0.0290. The van der Waals surface area contributed by atoms with Crippen LogP contribution in [0, 0.1) is 17.0 Å². The number of halogens is 2. The van der Waals surface area contributed by atoms with Gasteiger partial charge in [0, 0.05) is 43.8 Å². The number of nitrogens with one attached hydrogen (secondary N) is 3. The van der Waals surface area contributed by atoms with Crippen LogP contribution in [0.15, 0.2) is 30.1 Å². The Labute approximate surface area is 190 Å². The molecule has 174 valence electrons. The van der Waals surface area contributed by atoms with Crippen LogP contribution >= 0.6 is 0 Å². The number of nitrogens with zero attached hydrogens (tertiary/aromatic N) is 2. The third kappa shape index (κ3) is 3.75. The third-order valence-electron chi connectivity index (χ3n) is 6.04. The van der Waals surface area contributed by atoms with Gasteiger partial charge in [0.25, 0.3) is 0 Å². The number of amides is 1. The first-order valence-corrected chi connectivity index (χ1v) is 10.4. The van der Waals surface area contributed by atoms with Crippen LogP contribution in [-0.4, -0.2) is 44.9 Å². The predicted octanol–water partition coefficient (Wildman–Crippen LogP) is 3.12. The molecule has 1 fully saturated rings. The summed E-state index contributed by atoms with van der Waals surface area (Å²) < 4.78 is 40.3. The first kappa shape index (κ1) is 22.5. The van der Waals surface area contributed by atoms with Crippen LogP contribution in [0.4, 0.5) is 20.3 Å². The normalized spacial score (nSPS) is 16.3. The van der Waals surface area contributed by atoms with Crippen molar-refractivity contribution in [2.24, 2.45) is 0 Å². The van der Waals surface area contributed by atoms with Crippen LogP contribution in [0.25, 0.3) is 0 Å². The molecule has 1 aromatic heterocycles. The number of hydrogen-bond donors (Lipinski definition) is 3. The van der Waals surface area contributed by atoms with Gasteiger partial charge in [0.05, 0.1) is 26.2 Å². The summed E-state index contributed by atoms with van der Waals surface area (Å²) in [4.78, 5) is 19.0. The minimum atomic E-state index is -0.954. The maximum Gasteiger partial charge on any atom is 0.238 e. The van der Waals surface area contributed by atoms with Crippen molar-refractivity contribution in [3.63, 3.8) is 0 Å². The van der Waals surface area contributed by atoms with Gasteiger partial charge in [0.15, 0.2) is 23.1 Å². The fraction of sp³-hybridized carbons (Fsp3) is 0.348. The van der Waals surface area contributed by atoms with Gasteiger partial charge in [-0.15, -0.1) is 0 Å². The topological polar surface area (TPSA) is 99.6 Å². The maximum atomic E-state index is 15.1. The van der Waals surface area contributed by atoms with Crippen molar-refractivity contribution in [3.05, 3.63) is 52.9 Å². The Morgan fingerprint density at radius 2 is 1.91 bits per heavy atom. The molecule has 1 spiro atoms. The van der Waals surface area contributed by atoms with Gasteiger partial charge in [0.1, 0.15) is 11.5 Å². The van der Waals surface area contributed by atoms with E-state index >= 15 is 8.78 Å². The van der Waals surface area contributed by atoms with E-state index in [1.807, 2.05) is 6.07 Å². The smallest absolute Gasteiger partial charge is 0.238 e. The molecule has 2 aliphatic rings. The molecular weight excluding hydrogens is 432 g/mol. The number of rotatable bonds is 8. The summed E-state index contributed by atoms with van der Waals surface area (Å²) in [5, 5.41) is 13.5. The summed E-state index contributed by atoms with van der Waals surface area (Å²) in [6.07, 6.45) is 5.71. The fourth-order valence-corrected chi connectivity index (χ4v) is 4.19. The van der Waals surface area contributed by atoms with Crippen molar-refractivity contribution in [2.75, 3.05) is 38.0 Å². The van der Waals surface area contributed by atoms with Crippen molar-refractivity contribution < 1.29 is 23.0 Å². The molecule has 3 N–H and O–H groups in total. The Kier molecular flexibility index (Phi) is 5.92. The van der Waals surface area contributed by atoms with Gasteiger partial charge < -0.3 is 30.4 Å². The molecule has 4 rings (SSSR count). The van der Waals surface area contributed by atoms with E-state index in [1.54, 1.807) is 19.4 Å².